The third-order valence-electron chi connectivity index (χ3n) is 4.84. The Kier molecular flexibility index (Phi) is 7.90. The second-order valence-electron chi connectivity index (χ2n) is 7.32. The summed E-state index contributed by atoms with van der Waals surface area (Å²) >= 11 is 6.06. The van der Waals surface area contributed by atoms with Gasteiger partial charge in [0.15, 0.2) is 0 Å². The van der Waals surface area contributed by atoms with Gasteiger partial charge >= 0.3 is 0 Å². The fourth-order valence-electron chi connectivity index (χ4n) is 3.24. The molecular weight excluding hydrogens is 448 g/mol. The molecule has 3 aromatic carbocycles. The number of carbonyl (C=O) groups is 1. The maximum atomic E-state index is 13.5. The van der Waals surface area contributed by atoms with Gasteiger partial charge in [0.05, 0.1) is 13.7 Å². The van der Waals surface area contributed by atoms with E-state index in [0.717, 1.165) is 21.0 Å². The number of nitrogens with zero attached hydrogens (tertiary/aromatic N) is 1. The number of halogens is 1. The van der Waals surface area contributed by atoms with Gasteiger partial charge in [-0.05, 0) is 36.2 Å². The Bertz CT molecular complexity index is 1180. The molecule has 3 aromatic rings. The SMILES string of the molecule is COc1ccc(Cl)cc1S(=O)(=O)N(CC(=O)NCc1cccc(C)c1)Cc1ccccc1. The van der Waals surface area contributed by atoms with Gasteiger partial charge in [0.2, 0.25) is 15.9 Å². The van der Waals surface area contributed by atoms with E-state index in [-0.39, 0.29) is 28.8 Å². The molecule has 0 aliphatic carbocycles. The van der Waals surface area contributed by atoms with E-state index in [2.05, 4.69) is 5.32 Å². The Balaban J connectivity index is 1.86. The number of hydrogen-bond acceptors (Lipinski definition) is 4. The van der Waals surface area contributed by atoms with Crippen molar-refractivity contribution in [2.24, 2.45) is 0 Å². The first kappa shape index (κ1) is 23.8. The third-order valence-corrected chi connectivity index (χ3v) is 6.89. The van der Waals surface area contributed by atoms with Gasteiger partial charge in [-0.3, -0.25) is 4.79 Å². The number of rotatable bonds is 9. The minimum Gasteiger partial charge on any atom is -0.495 e. The summed E-state index contributed by atoms with van der Waals surface area (Å²) in [5.74, 6) is -0.250. The topological polar surface area (TPSA) is 75.7 Å². The van der Waals surface area contributed by atoms with Gasteiger partial charge in [-0.15, -0.1) is 0 Å². The summed E-state index contributed by atoms with van der Waals surface area (Å²) in [6.07, 6.45) is 0. The second-order valence-corrected chi connectivity index (χ2v) is 9.66. The number of benzene rings is 3. The highest BCUT2D eigenvalue weighted by Gasteiger charge is 2.30. The van der Waals surface area contributed by atoms with Crippen LogP contribution in [0.4, 0.5) is 0 Å². The van der Waals surface area contributed by atoms with Crippen LogP contribution in [0.25, 0.3) is 0 Å². The molecule has 0 heterocycles. The van der Waals surface area contributed by atoms with Crippen LogP contribution in [0.1, 0.15) is 16.7 Å². The molecule has 1 amide bonds. The van der Waals surface area contributed by atoms with Gasteiger partial charge in [-0.2, -0.15) is 4.31 Å². The van der Waals surface area contributed by atoms with Crippen LogP contribution in [0.3, 0.4) is 0 Å². The monoisotopic (exact) mass is 472 g/mol. The van der Waals surface area contributed by atoms with E-state index in [0.29, 0.717) is 6.54 Å². The molecule has 6 nitrogen and oxygen atoms in total. The van der Waals surface area contributed by atoms with Crippen LogP contribution in [0.15, 0.2) is 77.7 Å². The lowest BCUT2D eigenvalue weighted by atomic mass is 10.1. The fourth-order valence-corrected chi connectivity index (χ4v) is 5.05. The number of nitrogens with one attached hydrogen (secondary N) is 1. The predicted molar refractivity (Wildman–Crippen MR) is 125 cm³/mol. The molecule has 0 saturated heterocycles. The molecule has 0 bridgehead atoms. The Morgan fingerprint density at radius 2 is 1.72 bits per heavy atom. The maximum Gasteiger partial charge on any atom is 0.247 e. The molecule has 32 heavy (non-hydrogen) atoms. The number of hydrogen-bond donors (Lipinski definition) is 1. The van der Waals surface area contributed by atoms with E-state index in [9.17, 15) is 13.2 Å². The number of ether oxygens (including phenoxy) is 1. The summed E-state index contributed by atoms with van der Waals surface area (Å²) < 4.78 is 33.4. The zero-order chi connectivity index (χ0) is 23.1. The summed E-state index contributed by atoms with van der Waals surface area (Å²) in [7, 11) is -2.70. The van der Waals surface area contributed by atoms with Crippen molar-refractivity contribution in [1.29, 1.82) is 0 Å². The number of aryl methyl sites for hydroxylation is 1. The zero-order valence-corrected chi connectivity index (χ0v) is 19.5. The van der Waals surface area contributed by atoms with Gasteiger partial charge in [0, 0.05) is 18.1 Å². The minimum atomic E-state index is -4.09. The average molecular weight is 473 g/mol. The molecule has 0 aliphatic heterocycles. The molecule has 0 spiro atoms. The first-order chi connectivity index (χ1) is 15.3. The highest BCUT2D eigenvalue weighted by Crippen LogP contribution is 2.30. The number of amides is 1. The van der Waals surface area contributed by atoms with E-state index in [1.54, 1.807) is 6.07 Å². The van der Waals surface area contributed by atoms with Gasteiger partial charge in [0.1, 0.15) is 10.6 Å². The predicted octanol–water partition coefficient (Wildman–Crippen LogP) is 4.16. The van der Waals surface area contributed by atoms with Crippen molar-refractivity contribution in [2.75, 3.05) is 13.7 Å². The molecule has 0 radical (unpaired) electrons. The van der Waals surface area contributed by atoms with Crippen molar-refractivity contribution in [3.8, 4) is 5.75 Å². The minimum absolute atomic E-state index is 0.0245. The standard InChI is InChI=1S/C24H25ClN2O4S/c1-18-7-6-10-20(13-18)15-26-24(28)17-27(16-19-8-4-3-5-9-19)32(29,30)23-14-21(25)11-12-22(23)31-2/h3-14H,15-17H2,1-2H3,(H,26,28). The smallest absolute Gasteiger partial charge is 0.247 e. The van der Waals surface area contributed by atoms with E-state index >= 15 is 0 Å². The van der Waals surface area contributed by atoms with Crippen LogP contribution < -0.4 is 10.1 Å². The van der Waals surface area contributed by atoms with Crippen LogP contribution >= 0.6 is 11.6 Å². The summed E-state index contributed by atoms with van der Waals surface area (Å²) in [5.41, 5.74) is 2.77. The van der Waals surface area contributed by atoms with Crippen molar-refractivity contribution in [3.63, 3.8) is 0 Å². The third kappa shape index (κ3) is 6.09. The van der Waals surface area contributed by atoms with Gasteiger partial charge in [-0.1, -0.05) is 71.8 Å². The van der Waals surface area contributed by atoms with E-state index in [1.807, 2.05) is 61.5 Å². The largest absolute Gasteiger partial charge is 0.495 e. The molecule has 0 atom stereocenters. The molecule has 3 rings (SSSR count). The molecule has 8 heteroatoms. The van der Waals surface area contributed by atoms with E-state index in [1.165, 1.54) is 19.2 Å². The van der Waals surface area contributed by atoms with Crippen LogP contribution in [0.2, 0.25) is 5.02 Å². The Hall–Kier alpha value is -2.87. The first-order valence-corrected chi connectivity index (χ1v) is 11.8. The normalized spacial score (nSPS) is 11.4. The maximum absolute atomic E-state index is 13.5. The highest BCUT2D eigenvalue weighted by atomic mass is 35.5. The van der Waals surface area contributed by atoms with Crippen molar-refractivity contribution in [1.82, 2.24) is 9.62 Å². The van der Waals surface area contributed by atoms with Crippen LogP contribution in [-0.4, -0.2) is 32.3 Å². The Labute approximate surface area is 193 Å². The summed E-state index contributed by atoms with van der Waals surface area (Å²) in [6, 6.07) is 21.2. The zero-order valence-electron chi connectivity index (χ0n) is 17.9. The Morgan fingerprint density at radius 3 is 2.41 bits per heavy atom. The lowest BCUT2D eigenvalue weighted by Crippen LogP contribution is -2.40. The Morgan fingerprint density at radius 1 is 1.00 bits per heavy atom. The van der Waals surface area contributed by atoms with Gasteiger partial charge in [0.25, 0.3) is 0 Å². The lowest BCUT2D eigenvalue weighted by molar-refractivity contribution is -0.121. The van der Waals surface area contributed by atoms with Crippen molar-refractivity contribution >= 4 is 27.5 Å². The summed E-state index contributed by atoms with van der Waals surface area (Å²) in [5, 5.41) is 3.06. The number of sulfonamides is 1. The molecule has 0 unspecified atom stereocenters. The summed E-state index contributed by atoms with van der Waals surface area (Å²) in [6.45, 7) is 1.95. The number of carbonyl (C=O) groups excluding carboxylic acids is 1. The molecule has 0 saturated carbocycles. The summed E-state index contributed by atoms with van der Waals surface area (Å²) in [4.78, 5) is 12.6. The first-order valence-electron chi connectivity index (χ1n) is 9.99. The number of methoxy groups -OCH3 is 1. The molecular formula is C24H25ClN2O4S. The van der Waals surface area contributed by atoms with E-state index in [4.69, 9.17) is 16.3 Å². The molecule has 0 fully saturated rings. The van der Waals surface area contributed by atoms with Gasteiger partial charge in [-0.25, -0.2) is 8.42 Å². The van der Waals surface area contributed by atoms with Crippen molar-refractivity contribution in [3.05, 3.63) is 94.5 Å². The molecule has 0 aliphatic rings. The van der Waals surface area contributed by atoms with Crippen molar-refractivity contribution < 1.29 is 17.9 Å². The molecule has 1 N–H and O–H groups in total. The van der Waals surface area contributed by atoms with Crippen LogP contribution in [0.5, 0.6) is 5.75 Å². The lowest BCUT2D eigenvalue weighted by Gasteiger charge is -2.23. The molecule has 0 aromatic heterocycles. The second kappa shape index (κ2) is 10.6. The van der Waals surface area contributed by atoms with Crippen LogP contribution in [-0.2, 0) is 27.9 Å². The quantitative estimate of drug-likeness (QED) is 0.507. The highest BCUT2D eigenvalue weighted by molar-refractivity contribution is 7.89. The van der Waals surface area contributed by atoms with E-state index < -0.39 is 15.9 Å². The molecule has 168 valence electrons. The van der Waals surface area contributed by atoms with Crippen molar-refractivity contribution in [2.45, 2.75) is 24.9 Å². The average Bonchev–Trinajstić information content (AvgIpc) is 2.78. The fraction of sp³-hybridized carbons (Fsp3) is 0.208. The van der Waals surface area contributed by atoms with Gasteiger partial charge < -0.3 is 10.1 Å². The van der Waals surface area contributed by atoms with Crippen LogP contribution in [0, 0.1) is 6.92 Å².